The van der Waals surface area contributed by atoms with Crippen LogP contribution in [-0.2, 0) is 11.2 Å². The number of carbonyl (C=O) groups is 1. The van der Waals surface area contributed by atoms with Crippen LogP contribution in [-0.4, -0.2) is 20.4 Å². The second-order valence-electron chi connectivity index (χ2n) is 6.21. The first-order valence-electron chi connectivity index (χ1n) is 8.24. The minimum atomic E-state index is -0.0884. The molecule has 3 heterocycles. The van der Waals surface area contributed by atoms with E-state index >= 15 is 0 Å². The zero-order chi connectivity index (χ0) is 17.8. The molecule has 3 aromatic rings. The van der Waals surface area contributed by atoms with E-state index in [-0.39, 0.29) is 18.0 Å². The van der Waals surface area contributed by atoms with Gasteiger partial charge in [-0.3, -0.25) is 4.79 Å². The van der Waals surface area contributed by atoms with Gasteiger partial charge in [0.2, 0.25) is 5.91 Å². The molecule has 132 valence electrons. The molecular formula is C18H22N4OS2. The second kappa shape index (κ2) is 7.93. The van der Waals surface area contributed by atoms with Crippen molar-refractivity contribution in [3.05, 3.63) is 56.7 Å². The van der Waals surface area contributed by atoms with Crippen molar-refractivity contribution >= 4 is 28.6 Å². The van der Waals surface area contributed by atoms with Gasteiger partial charge in [0, 0.05) is 36.2 Å². The predicted molar refractivity (Wildman–Crippen MR) is 102 cm³/mol. The standard InChI is InChI=1S/C18H22N4OS2/c1-12(22-6-5-19-11-22)8-17(23)21-16(9-15-4-7-24-10-15)18-20-13(2)14(3)25-18/h4-7,10-12,16H,8-9H2,1-3H3,(H,21,23). The maximum Gasteiger partial charge on any atom is 0.222 e. The van der Waals surface area contributed by atoms with Gasteiger partial charge in [0.05, 0.1) is 18.1 Å². The minimum Gasteiger partial charge on any atom is -0.346 e. The van der Waals surface area contributed by atoms with Gasteiger partial charge >= 0.3 is 0 Å². The van der Waals surface area contributed by atoms with Gasteiger partial charge in [0.1, 0.15) is 5.01 Å². The molecule has 7 heteroatoms. The summed E-state index contributed by atoms with van der Waals surface area (Å²) < 4.78 is 1.95. The van der Waals surface area contributed by atoms with Gasteiger partial charge in [0.15, 0.2) is 0 Å². The van der Waals surface area contributed by atoms with E-state index in [1.165, 1.54) is 10.4 Å². The summed E-state index contributed by atoms with van der Waals surface area (Å²) in [4.78, 5) is 22.5. The molecule has 1 N–H and O–H groups in total. The Morgan fingerprint density at radius 2 is 2.24 bits per heavy atom. The maximum atomic E-state index is 12.6. The van der Waals surface area contributed by atoms with Gasteiger partial charge in [-0.15, -0.1) is 11.3 Å². The Kier molecular flexibility index (Phi) is 5.65. The molecule has 0 aliphatic heterocycles. The Morgan fingerprint density at radius 1 is 1.40 bits per heavy atom. The number of thiazole rings is 1. The molecule has 0 aliphatic rings. The quantitative estimate of drug-likeness (QED) is 0.678. The molecule has 2 unspecified atom stereocenters. The lowest BCUT2D eigenvalue weighted by Crippen LogP contribution is -2.31. The highest BCUT2D eigenvalue weighted by molar-refractivity contribution is 7.11. The topological polar surface area (TPSA) is 59.8 Å². The van der Waals surface area contributed by atoms with Crippen molar-refractivity contribution in [2.24, 2.45) is 0 Å². The average Bonchev–Trinajstić information content (AvgIpc) is 3.30. The molecule has 0 aliphatic carbocycles. The van der Waals surface area contributed by atoms with Crippen molar-refractivity contribution in [2.45, 2.75) is 45.7 Å². The molecule has 3 aromatic heterocycles. The van der Waals surface area contributed by atoms with Crippen molar-refractivity contribution in [3.8, 4) is 0 Å². The number of amides is 1. The number of aromatic nitrogens is 3. The molecule has 0 bridgehead atoms. The Balaban J connectivity index is 1.71. The molecule has 3 rings (SSSR count). The predicted octanol–water partition coefficient (Wildman–Crippen LogP) is 4.07. The Labute approximate surface area is 155 Å². The SMILES string of the molecule is Cc1nc(C(Cc2ccsc2)NC(=O)CC(C)n2ccnc2)sc1C. The molecule has 0 saturated heterocycles. The van der Waals surface area contributed by atoms with Crippen LogP contribution in [0.25, 0.3) is 0 Å². The summed E-state index contributed by atoms with van der Waals surface area (Å²) in [6.07, 6.45) is 6.54. The number of thiophene rings is 1. The number of hydrogen-bond donors (Lipinski definition) is 1. The lowest BCUT2D eigenvalue weighted by atomic mass is 10.1. The monoisotopic (exact) mass is 374 g/mol. The molecular weight excluding hydrogens is 352 g/mol. The zero-order valence-corrected chi connectivity index (χ0v) is 16.2. The van der Waals surface area contributed by atoms with E-state index in [0.717, 1.165) is 17.1 Å². The third kappa shape index (κ3) is 4.55. The number of carbonyl (C=O) groups excluding carboxylic acids is 1. The first kappa shape index (κ1) is 17.8. The van der Waals surface area contributed by atoms with E-state index in [1.54, 1.807) is 35.2 Å². The number of aryl methyl sites for hydroxylation is 2. The largest absolute Gasteiger partial charge is 0.346 e. The van der Waals surface area contributed by atoms with Crippen molar-refractivity contribution in [3.63, 3.8) is 0 Å². The van der Waals surface area contributed by atoms with E-state index < -0.39 is 0 Å². The third-order valence-corrected chi connectivity index (χ3v) is 6.13. The zero-order valence-electron chi connectivity index (χ0n) is 14.6. The highest BCUT2D eigenvalue weighted by Crippen LogP contribution is 2.26. The number of hydrogen-bond acceptors (Lipinski definition) is 5. The summed E-state index contributed by atoms with van der Waals surface area (Å²) in [6, 6.07) is 2.09. The summed E-state index contributed by atoms with van der Waals surface area (Å²) in [7, 11) is 0. The van der Waals surface area contributed by atoms with Crippen LogP contribution in [0.4, 0.5) is 0 Å². The van der Waals surface area contributed by atoms with Crippen LogP contribution >= 0.6 is 22.7 Å². The van der Waals surface area contributed by atoms with E-state index in [0.29, 0.717) is 6.42 Å². The fourth-order valence-electron chi connectivity index (χ4n) is 2.65. The summed E-state index contributed by atoms with van der Waals surface area (Å²) in [5, 5.41) is 8.35. The highest BCUT2D eigenvalue weighted by Gasteiger charge is 2.21. The normalized spacial score (nSPS) is 13.6. The third-order valence-electron chi connectivity index (χ3n) is 4.21. The molecule has 0 aromatic carbocycles. The molecule has 0 fully saturated rings. The number of rotatable bonds is 7. The smallest absolute Gasteiger partial charge is 0.222 e. The Morgan fingerprint density at radius 3 is 2.84 bits per heavy atom. The summed E-state index contributed by atoms with van der Waals surface area (Å²) in [6.45, 7) is 6.11. The average molecular weight is 375 g/mol. The van der Waals surface area contributed by atoms with E-state index in [4.69, 9.17) is 0 Å². The maximum absolute atomic E-state index is 12.6. The van der Waals surface area contributed by atoms with E-state index in [9.17, 15) is 4.79 Å². The van der Waals surface area contributed by atoms with Crippen LogP contribution in [0.2, 0.25) is 0 Å². The fraction of sp³-hybridized carbons (Fsp3) is 0.389. The highest BCUT2D eigenvalue weighted by atomic mass is 32.1. The van der Waals surface area contributed by atoms with Crippen molar-refractivity contribution in [1.82, 2.24) is 19.9 Å². The van der Waals surface area contributed by atoms with Crippen molar-refractivity contribution in [1.29, 1.82) is 0 Å². The van der Waals surface area contributed by atoms with Crippen molar-refractivity contribution in [2.75, 3.05) is 0 Å². The Hall–Kier alpha value is -1.99. The lowest BCUT2D eigenvalue weighted by Gasteiger charge is -2.18. The first-order chi connectivity index (χ1) is 12.0. The van der Waals surface area contributed by atoms with Gasteiger partial charge in [-0.2, -0.15) is 11.3 Å². The molecule has 5 nitrogen and oxygen atoms in total. The van der Waals surface area contributed by atoms with Gasteiger partial charge in [-0.05, 0) is 43.2 Å². The molecule has 0 saturated carbocycles. The summed E-state index contributed by atoms with van der Waals surface area (Å²) in [5.41, 5.74) is 2.26. The summed E-state index contributed by atoms with van der Waals surface area (Å²) in [5.74, 6) is 0.0342. The lowest BCUT2D eigenvalue weighted by molar-refractivity contribution is -0.122. The number of imidazole rings is 1. The molecule has 0 radical (unpaired) electrons. The second-order valence-corrected chi connectivity index (χ2v) is 8.23. The van der Waals surface area contributed by atoms with Gasteiger partial charge in [-0.1, -0.05) is 0 Å². The van der Waals surface area contributed by atoms with Gasteiger partial charge in [0.25, 0.3) is 0 Å². The van der Waals surface area contributed by atoms with E-state index in [2.05, 4.69) is 39.0 Å². The minimum absolute atomic E-state index is 0.0342. The van der Waals surface area contributed by atoms with Gasteiger partial charge in [-0.25, -0.2) is 9.97 Å². The van der Waals surface area contributed by atoms with Crippen LogP contribution in [0.15, 0.2) is 35.5 Å². The first-order valence-corrected chi connectivity index (χ1v) is 10.0. The summed E-state index contributed by atoms with van der Waals surface area (Å²) >= 11 is 3.34. The van der Waals surface area contributed by atoms with Gasteiger partial charge < -0.3 is 9.88 Å². The Bertz CT molecular complexity index is 789. The van der Waals surface area contributed by atoms with Crippen molar-refractivity contribution < 1.29 is 4.79 Å². The van der Waals surface area contributed by atoms with Crippen LogP contribution in [0, 0.1) is 13.8 Å². The van der Waals surface area contributed by atoms with Crippen LogP contribution in [0.1, 0.15) is 46.6 Å². The van der Waals surface area contributed by atoms with Crippen LogP contribution < -0.4 is 5.32 Å². The van der Waals surface area contributed by atoms with Crippen LogP contribution in [0.3, 0.4) is 0 Å². The number of nitrogens with one attached hydrogen (secondary N) is 1. The molecule has 1 amide bonds. The number of nitrogens with zero attached hydrogens (tertiary/aromatic N) is 3. The van der Waals surface area contributed by atoms with E-state index in [1.807, 2.05) is 24.6 Å². The molecule has 0 spiro atoms. The molecule has 2 atom stereocenters. The molecule has 25 heavy (non-hydrogen) atoms. The van der Waals surface area contributed by atoms with Crippen LogP contribution in [0.5, 0.6) is 0 Å². The fourth-order valence-corrected chi connectivity index (χ4v) is 4.30.